The Hall–Kier alpha value is -3.40. The lowest BCUT2D eigenvalue weighted by Crippen LogP contribution is -2.11. The van der Waals surface area contributed by atoms with E-state index in [-0.39, 0.29) is 5.82 Å². The van der Waals surface area contributed by atoms with Gasteiger partial charge in [-0.1, -0.05) is 35.9 Å². The first-order valence-corrected chi connectivity index (χ1v) is 8.58. The Morgan fingerprint density at radius 2 is 1.48 bits per heavy atom. The number of para-hydroxylation sites is 1. The topological polar surface area (TPSA) is 30.8 Å². The number of aliphatic imine (C=N–C) groups is 1. The van der Waals surface area contributed by atoms with E-state index in [1.807, 2.05) is 68.4 Å². The van der Waals surface area contributed by atoms with Gasteiger partial charge in [-0.05, 0) is 62.4 Å². The molecule has 3 nitrogen and oxygen atoms in total. The number of nitrogens with zero attached hydrogens (tertiary/aromatic N) is 1. The van der Waals surface area contributed by atoms with Crippen molar-refractivity contribution in [1.29, 1.82) is 0 Å². The number of aryl methyl sites for hydroxylation is 1. The van der Waals surface area contributed by atoms with Crippen LogP contribution >= 0.6 is 0 Å². The van der Waals surface area contributed by atoms with Crippen molar-refractivity contribution >= 4 is 11.6 Å². The standard InChI is InChI=1S/C23H20FNO2/c1-17-8-12-21(13-9-17)26-16-18(2)23(25-20-6-4-3-5-7-20)27-22-14-10-19(24)11-15-22/h3-16H,1-2H3/b18-16+,25-23-. The molecule has 3 aromatic carbocycles. The highest BCUT2D eigenvalue weighted by molar-refractivity contribution is 5.96. The Balaban J connectivity index is 1.85. The highest BCUT2D eigenvalue weighted by Crippen LogP contribution is 2.19. The van der Waals surface area contributed by atoms with Crippen LogP contribution in [0.5, 0.6) is 11.5 Å². The van der Waals surface area contributed by atoms with Crippen molar-refractivity contribution in [3.8, 4) is 11.5 Å². The largest absolute Gasteiger partial charge is 0.465 e. The van der Waals surface area contributed by atoms with Crippen LogP contribution in [0.3, 0.4) is 0 Å². The van der Waals surface area contributed by atoms with E-state index >= 15 is 0 Å². The van der Waals surface area contributed by atoms with Crippen LogP contribution in [0.15, 0.2) is 95.7 Å². The summed E-state index contributed by atoms with van der Waals surface area (Å²) in [5.74, 6) is 1.27. The molecule has 0 aliphatic heterocycles. The van der Waals surface area contributed by atoms with Gasteiger partial charge in [-0.25, -0.2) is 9.38 Å². The lowest BCUT2D eigenvalue weighted by molar-refractivity contribution is 0.473. The van der Waals surface area contributed by atoms with Crippen molar-refractivity contribution in [3.05, 3.63) is 102 Å². The molecular formula is C23H20FNO2. The molecule has 0 unspecified atom stereocenters. The quantitative estimate of drug-likeness (QED) is 0.306. The van der Waals surface area contributed by atoms with Gasteiger partial charge in [0.1, 0.15) is 17.3 Å². The Morgan fingerprint density at radius 3 is 2.15 bits per heavy atom. The highest BCUT2D eigenvalue weighted by atomic mass is 19.1. The maximum atomic E-state index is 13.1. The first-order valence-electron chi connectivity index (χ1n) is 8.58. The fourth-order valence-corrected chi connectivity index (χ4v) is 2.25. The zero-order chi connectivity index (χ0) is 19.1. The van der Waals surface area contributed by atoms with Crippen molar-refractivity contribution in [2.24, 2.45) is 4.99 Å². The van der Waals surface area contributed by atoms with Crippen LogP contribution in [0.1, 0.15) is 12.5 Å². The second-order valence-corrected chi connectivity index (χ2v) is 6.04. The second kappa shape index (κ2) is 8.81. The summed E-state index contributed by atoms with van der Waals surface area (Å²) in [5, 5.41) is 0. The van der Waals surface area contributed by atoms with Gasteiger partial charge in [0.15, 0.2) is 0 Å². The molecule has 27 heavy (non-hydrogen) atoms. The van der Waals surface area contributed by atoms with Crippen LogP contribution in [0.25, 0.3) is 0 Å². The molecule has 0 aliphatic carbocycles. The summed E-state index contributed by atoms with van der Waals surface area (Å²) in [7, 11) is 0. The van der Waals surface area contributed by atoms with E-state index in [4.69, 9.17) is 9.47 Å². The number of ether oxygens (including phenoxy) is 2. The Morgan fingerprint density at radius 1 is 0.852 bits per heavy atom. The van der Waals surface area contributed by atoms with Gasteiger partial charge in [-0.3, -0.25) is 0 Å². The molecule has 0 N–H and O–H groups in total. The zero-order valence-corrected chi connectivity index (χ0v) is 15.2. The summed E-state index contributed by atoms with van der Waals surface area (Å²) in [6.07, 6.45) is 1.59. The summed E-state index contributed by atoms with van der Waals surface area (Å²) in [4.78, 5) is 4.56. The monoisotopic (exact) mass is 361 g/mol. The molecular weight excluding hydrogens is 341 g/mol. The molecule has 0 saturated heterocycles. The maximum Gasteiger partial charge on any atom is 0.225 e. The second-order valence-electron chi connectivity index (χ2n) is 6.04. The fourth-order valence-electron chi connectivity index (χ4n) is 2.25. The molecule has 4 heteroatoms. The van der Waals surface area contributed by atoms with Crippen molar-refractivity contribution in [2.45, 2.75) is 13.8 Å². The third-order valence-corrected chi connectivity index (χ3v) is 3.75. The van der Waals surface area contributed by atoms with Crippen molar-refractivity contribution in [2.75, 3.05) is 0 Å². The minimum absolute atomic E-state index is 0.320. The van der Waals surface area contributed by atoms with E-state index in [0.29, 0.717) is 17.2 Å². The molecule has 0 saturated carbocycles. The highest BCUT2D eigenvalue weighted by Gasteiger charge is 2.08. The molecule has 0 aliphatic rings. The third kappa shape index (κ3) is 5.54. The predicted octanol–water partition coefficient (Wildman–Crippen LogP) is 6.23. The minimum Gasteiger partial charge on any atom is -0.465 e. The Labute approximate surface area is 158 Å². The van der Waals surface area contributed by atoms with E-state index in [2.05, 4.69) is 4.99 Å². The molecule has 0 atom stereocenters. The van der Waals surface area contributed by atoms with Gasteiger partial charge >= 0.3 is 0 Å². The predicted molar refractivity (Wildman–Crippen MR) is 106 cm³/mol. The van der Waals surface area contributed by atoms with E-state index in [0.717, 1.165) is 17.0 Å². The lowest BCUT2D eigenvalue weighted by Gasteiger charge is -2.10. The summed E-state index contributed by atoms with van der Waals surface area (Å²) in [6.45, 7) is 3.87. The Kier molecular flexibility index (Phi) is 6.00. The molecule has 0 amide bonds. The summed E-state index contributed by atoms with van der Waals surface area (Å²) in [6, 6.07) is 23.0. The molecule has 0 aromatic heterocycles. The molecule has 3 rings (SSSR count). The summed E-state index contributed by atoms with van der Waals surface area (Å²) in [5.41, 5.74) is 2.61. The van der Waals surface area contributed by atoms with Gasteiger partial charge in [0.25, 0.3) is 0 Å². The van der Waals surface area contributed by atoms with Gasteiger partial charge in [0.2, 0.25) is 5.90 Å². The first-order chi connectivity index (χ1) is 13.1. The normalized spacial score (nSPS) is 12.0. The average molecular weight is 361 g/mol. The number of hydrogen-bond donors (Lipinski definition) is 0. The molecule has 0 bridgehead atoms. The number of rotatable bonds is 5. The zero-order valence-electron chi connectivity index (χ0n) is 15.2. The average Bonchev–Trinajstić information content (AvgIpc) is 2.69. The molecule has 136 valence electrons. The van der Waals surface area contributed by atoms with Crippen LogP contribution in [-0.4, -0.2) is 5.90 Å². The van der Waals surface area contributed by atoms with Crippen LogP contribution in [0, 0.1) is 12.7 Å². The van der Waals surface area contributed by atoms with Gasteiger partial charge in [0, 0.05) is 5.57 Å². The summed E-state index contributed by atoms with van der Waals surface area (Å²) < 4.78 is 24.7. The fraction of sp³-hybridized carbons (Fsp3) is 0.0870. The minimum atomic E-state index is -0.320. The Bertz CT molecular complexity index is 930. The first kappa shape index (κ1) is 18.4. The smallest absolute Gasteiger partial charge is 0.225 e. The number of halogens is 1. The summed E-state index contributed by atoms with van der Waals surface area (Å²) >= 11 is 0. The number of hydrogen-bond acceptors (Lipinski definition) is 3. The van der Waals surface area contributed by atoms with Crippen LogP contribution in [0.4, 0.5) is 10.1 Å². The van der Waals surface area contributed by atoms with Crippen molar-refractivity contribution in [1.82, 2.24) is 0 Å². The molecule has 3 aromatic rings. The maximum absolute atomic E-state index is 13.1. The van der Waals surface area contributed by atoms with Crippen LogP contribution in [0.2, 0.25) is 0 Å². The number of benzene rings is 3. The van der Waals surface area contributed by atoms with Crippen LogP contribution < -0.4 is 9.47 Å². The van der Waals surface area contributed by atoms with Gasteiger partial charge in [-0.2, -0.15) is 0 Å². The third-order valence-electron chi connectivity index (χ3n) is 3.75. The lowest BCUT2D eigenvalue weighted by atomic mass is 10.2. The van der Waals surface area contributed by atoms with Gasteiger partial charge in [0.05, 0.1) is 11.9 Å². The molecule has 0 spiro atoms. The van der Waals surface area contributed by atoms with E-state index in [1.54, 1.807) is 18.4 Å². The van der Waals surface area contributed by atoms with Crippen molar-refractivity contribution in [3.63, 3.8) is 0 Å². The van der Waals surface area contributed by atoms with Gasteiger partial charge in [-0.15, -0.1) is 0 Å². The van der Waals surface area contributed by atoms with E-state index < -0.39 is 0 Å². The van der Waals surface area contributed by atoms with Crippen LogP contribution in [-0.2, 0) is 0 Å². The van der Waals surface area contributed by atoms with Crippen molar-refractivity contribution < 1.29 is 13.9 Å². The SMILES string of the molecule is CC(=C\Oc1ccc(C)cc1)/C(=N/c1ccccc1)Oc1ccc(F)cc1. The molecule has 0 radical (unpaired) electrons. The van der Waals surface area contributed by atoms with E-state index in [9.17, 15) is 4.39 Å². The molecule has 0 fully saturated rings. The molecule has 0 heterocycles. The van der Waals surface area contributed by atoms with Gasteiger partial charge < -0.3 is 9.47 Å². The van der Waals surface area contributed by atoms with E-state index in [1.165, 1.54) is 12.1 Å².